The van der Waals surface area contributed by atoms with Crippen LogP contribution in [0.5, 0.6) is 0 Å². The largest absolute Gasteiger partial charge is 0.377 e. The lowest BCUT2D eigenvalue weighted by molar-refractivity contribution is -0.0220. The van der Waals surface area contributed by atoms with Crippen molar-refractivity contribution in [2.45, 2.75) is 82.1 Å². The highest BCUT2D eigenvalue weighted by molar-refractivity contribution is 5.67. The van der Waals surface area contributed by atoms with Crippen LogP contribution in [0.4, 0.5) is 55.1 Å². The third kappa shape index (κ3) is 8.44. The number of ether oxygens (including phenoxy) is 1. The summed E-state index contributed by atoms with van der Waals surface area (Å²) < 4.78 is 32.9. The van der Waals surface area contributed by atoms with Gasteiger partial charge in [-0.3, -0.25) is 9.97 Å². The predicted molar refractivity (Wildman–Crippen MR) is 225 cm³/mol. The lowest BCUT2D eigenvalue weighted by Crippen LogP contribution is -2.43. The van der Waals surface area contributed by atoms with E-state index in [4.69, 9.17) is 14.7 Å². The second-order valence-electron chi connectivity index (χ2n) is 18.4. The van der Waals surface area contributed by atoms with E-state index in [-0.39, 0.29) is 12.8 Å². The summed E-state index contributed by atoms with van der Waals surface area (Å²) in [5.41, 5.74) is 4.31. The van der Waals surface area contributed by atoms with Crippen LogP contribution in [0.3, 0.4) is 0 Å². The molecule has 0 bridgehead atoms. The first-order chi connectivity index (χ1) is 28.7. The third-order valence-electron chi connectivity index (χ3n) is 13.6. The molecule has 8 fully saturated rings. The zero-order valence-electron chi connectivity index (χ0n) is 33.8. The van der Waals surface area contributed by atoms with Gasteiger partial charge in [0.2, 0.25) is 0 Å². The van der Waals surface area contributed by atoms with Gasteiger partial charge in [0.05, 0.1) is 49.4 Å². The number of fused-ring (bicyclic) bond motifs is 2. The molecule has 12 rings (SSSR count). The maximum Gasteiger partial charge on any atom is 0.251 e. The number of halogens is 2. The van der Waals surface area contributed by atoms with Gasteiger partial charge in [0.1, 0.15) is 34.9 Å². The van der Waals surface area contributed by atoms with Gasteiger partial charge in [-0.15, -0.1) is 0 Å². The number of aromatic nitrogens is 6. The van der Waals surface area contributed by atoms with E-state index < -0.39 is 5.92 Å². The minimum Gasteiger partial charge on any atom is -0.377 e. The first kappa shape index (κ1) is 37.1. The molecule has 4 saturated carbocycles. The minimum absolute atomic E-state index is 0.102. The lowest BCUT2D eigenvalue weighted by atomic mass is 10.1. The zero-order valence-corrected chi connectivity index (χ0v) is 33.8. The van der Waals surface area contributed by atoms with Crippen LogP contribution in [-0.2, 0) is 4.74 Å². The van der Waals surface area contributed by atoms with Crippen molar-refractivity contribution in [3.05, 3.63) is 60.4 Å². The molecule has 2 N–H and O–H groups in total. The Morgan fingerprint density at radius 3 is 1.59 bits per heavy atom. The van der Waals surface area contributed by atoms with E-state index in [1.54, 1.807) is 6.20 Å². The van der Waals surface area contributed by atoms with Crippen molar-refractivity contribution in [3.8, 4) is 0 Å². The Balaban J connectivity index is 0.000000135. The van der Waals surface area contributed by atoms with Crippen molar-refractivity contribution in [2.75, 3.05) is 89.3 Å². The number of pyridine rings is 2. The molecule has 0 amide bonds. The fraction of sp³-hybridized carbons (Fsp3) is 0.591. The predicted octanol–water partition coefficient (Wildman–Crippen LogP) is 7.36. The van der Waals surface area contributed by atoms with E-state index in [9.17, 15) is 8.78 Å². The summed E-state index contributed by atoms with van der Waals surface area (Å²) in [5.74, 6) is 6.89. The number of anilines is 8. The van der Waals surface area contributed by atoms with E-state index in [1.807, 2.05) is 29.6 Å². The first-order valence-corrected chi connectivity index (χ1v) is 21.9. The Labute approximate surface area is 344 Å². The van der Waals surface area contributed by atoms with Crippen LogP contribution >= 0.6 is 0 Å². The lowest BCUT2D eigenvalue weighted by Gasteiger charge is -2.36. The van der Waals surface area contributed by atoms with Gasteiger partial charge in [-0.05, 0) is 69.1 Å². The Morgan fingerprint density at radius 1 is 0.610 bits per heavy atom. The summed E-state index contributed by atoms with van der Waals surface area (Å²) in [5, 5.41) is 6.69. The van der Waals surface area contributed by atoms with Crippen molar-refractivity contribution in [1.82, 2.24) is 29.9 Å². The molecule has 0 spiro atoms. The maximum atomic E-state index is 13.7. The quantitative estimate of drug-likeness (QED) is 0.166. The number of alkyl halides is 2. The molecule has 4 aliphatic carbocycles. The molecule has 4 aliphatic heterocycles. The summed E-state index contributed by atoms with van der Waals surface area (Å²) in [4.78, 5) is 37.2. The Bertz CT molecular complexity index is 2120. The highest BCUT2D eigenvalue weighted by Crippen LogP contribution is 2.48. The smallest absolute Gasteiger partial charge is 0.251 e. The van der Waals surface area contributed by atoms with Crippen molar-refractivity contribution in [3.63, 3.8) is 0 Å². The molecule has 59 heavy (non-hydrogen) atoms. The molecule has 4 aromatic heterocycles. The highest BCUT2D eigenvalue weighted by Gasteiger charge is 2.46. The molecule has 5 atom stereocenters. The topological polar surface area (TPSA) is 124 Å². The molecule has 8 aliphatic rings. The Kier molecular flexibility index (Phi) is 9.41. The van der Waals surface area contributed by atoms with Gasteiger partial charge in [0.15, 0.2) is 0 Å². The van der Waals surface area contributed by atoms with Gasteiger partial charge in [0.25, 0.3) is 5.92 Å². The van der Waals surface area contributed by atoms with Gasteiger partial charge in [-0.25, -0.2) is 28.7 Å². The monoisotopic (exact) mass is 804 g/mol. The van der Waals surface area contributed by atoms with Crippen molar-refractivity contribution < 1.29 is 13.5 Å². The molecule has 13 nitrogen and oxygen atoms in total. The van der Waals surface area contributed by atoms with Gasteiger partial charge >= 0.3 is 0 Å². The Hall–Kier alpha value is -4.92. The second kappa shape index (κ2) is 15.0. The first-order valence-electron chi connectivity index (χ1n) is 21.9. The van der Waals surface area contributed by atoms with Crippen LogP contribution in [0.15, 0.2) is 49.1 Å². The molecule has 310 valence electrons. The molecule has 0 radical (unpaired) electrons. The van der Waals surface area contributed by atoms with Crippen molar-refractivity contribution in [1.29, 1.82) is 0 Å². The fourth-order valence-electron chi connectivity index (χ4n) is 9.43. The third-order valence-corrected chi connectivity index (χ3v) is 13.6. The van der Waals surface area contributed by atoms with Gasteiger partial charge in [0, 0.05) is 112 Å². The van der Waals surface area contributed by atoms with E-state index in [0.29, 0.717) is 42.6 Å². The standard InChI is InChI=1S/C22H26F2N6.C22H28N6O/c23-22(24)3-5-29(6-4-22)17-8-19(27-20-11-25-18(10-26-20)14-1-2-14)28-21(9-17)30-12-15-7-16(15)13-30;1-14-13-29-5-4-28(14)18-7-20(25-21-10-23-19(9-24-21)15-2-3-15)26-22(8-18)27-11-16-6-17(16)12-27/h8-11,14-16H,1-7,12-13H2,(H,26,27,28);7-10,14-17H,2-6,11-13H2,1H3,(H,24,25,26). The number of morpholine rings is 1. The molecule has 8 heterocycles. The second-order valence-corrected chi connectivity index (χ2v) is 18.4. The summed E-state index contributed by atoms with van der Waals surface area (Å²) in [6.45, 7) is 9.72. The van der Waals surface area contributed by atoms with E-state index in [2.05, 4.69) is 70.4 Å². The normalized spacial score (nSPS) is 27.7. The fourth-order valence-corrected chi connectivity index (χ4v) is 9.43. The average molecular weight is 805 g/mol. The number of nitrogens with one attached hydrogen (secondary N) is 2. The zero-order chi connectivity index (χ0) is 39.7. The van der Waals surface area contributed by atoms with Gasteiger partial charge < -0.3 is 35.0 Å². The van der Waals surface area contributed by atoms with Crippen molar-refractivity contribution >= 4 is 46.3 Å². The molecule has 4 saturated heterocycles. The van der Waals surface area contributed by atoms with E-state index >= 15 is 0 Å². The van der Waals surface area contributed by atoms with Gasteiger partial charge in [-0.1, -0.05) is 0 Å². The van der Waals surface area contributed by atoms with Gasteiger partial charge in [-0.2, -0.15) is 0 Å². The molecule has 0 aromatic carbocycles. The maximum absolute atomic E-state index is 13.7. The van der Waals surface area contributed by atoms with E-state index in [0.717, 1.165) is 110 Å². The van der Waals surface area contributed by atoms with Crippen LogP contribution < -0.4 is 30.2 Å². The van der Waals surface area contributed by atoms with Crippen LogP contribution in [0.1, 0.15) is 81.5 Å². The van der Waals surface area contributed by atoms with E-state index in [1.165, 1.54) is 44.2 Å². The van der Waals surface area contributed by atoms with Crippen LogP contribution in [-0.4, -0.2) is 101 Å². The number of hydrogen-bond donors (Lipinski definition) is 2. The molecule has 15 heteroatoms. The van der Waals surface area contributed by atoms with Crippen LogP contribution in [0.25, 0.3) is 0 Å². The average Bonchev–Trinajstić information content (AvgIpc) is 4.08. The number of rotatable bonds is 10. The SMILES string of the molecule is CC1COCCN1c1cc(Nc2cnc(C3CC3)cn2)nc(N2CC3CC3C2)c1.FC1(F)CCN(c2cc(Nc3cnc(C4CC4)cn3)nc(N3CC4CC4C3)c2)CC1. The molecular formula is C44H54F2N12O. The molecular weight excluding hydrogens is 751 g/mol. The summed E-state index contributed by atoms with van der Waals surface area (Å²) >= 11 is 0. The summed E-state index contributed by atoms with van der Waals surface area (Å²) in [6, 6.07) is 8.75. The van der Waals surface area contributed by atoms with Crippen molar-refractivity contribution in [2.24, 2.45) is 23.7 Å². The molecule has 4 aromatic rings. The number of piperidine rings is 3. The van der Waals surface area contributed by atoms with Crippen LogP contribution in [0, 0.1) is 23.7 Å². The van der Waals surface area contributed by atoms with Crippen LogP contribution in [0.2, 0.25) is 0 Å². The Morgan fingerprint density at radius 2 is 1.12 bits per heavy atom. The number of nitrogens with zero attached hydrogens (tertiary/aromatic N) is 10. The number of hydrogen-bond acceptors (Lipinski definition) is 13. The molecule has 5 unspecified atom stereocenters. The minimum atomic E-state index is -2.55. The summed E-state index contributed by atoms with van der Waals surface area (Å²) in [7, 11) is 0. The highest BCUT2D eigenvalue weighted by atomic mass is 19.3. The summed E-state index contributed by atoms with van der Waals surface area (Å²) in [6.07, 6.45) is 14.7.